The molecule has 0 saturated carbocycles. The first-order valence-corrected chi connectivity index (χ1v) is 5.76. The lowest BCUT2D eigenvalue weighted by molar-refractivity contribution is -0.383. The number of rotatable bonds is 4. The summed E-state index contributed by atoms with van der Waals surface area (Å²) < 4.78 is 0. The molecule has 0 aromatic heterocycles. The fourth-order valence-corrected chi connectivity index (χ4v) is 1.53. The van der Waals surface area contributed by atoms with E-state index in [4.69, 9.17) is 12.2 Å². The van der Waals surface area contributed by atoms with Crippen molar-refractivity contribution in [2.75, 3.05) is 5.32 Å². The van der Waals surface area contributed by atoms with Gasteiger partial charge in [-0.15, -0.1) is 0 Å². The second kappa shape index (κ2) is 6.15. The van der Waals surface area contributed by atoms with Crippen LogP contribution in [-0.4, -0.2) is 16.1 Å². The summed E-state index contributed by atoms with van der Waals surface area (Å²) in [5.41, 5.74) is 0.416. The van der Waals surface area contributed by atoms with E-state index in [9.17, 15) is 10.1 Å². The Hall–Kier alpha value is -1.69. The van der Waals surface area contributed by atoms with Crippen molar-refractivity contribution < 1.29 is 4.92 Å². The highest BCUT2D eigenvalue weighted by Gasteiger charge is 2.13. The molecule has 2 N–H and O–H groups in total. The van der Waals surface area contributed by atoms with Gasteiger partial charge in [-0.2, -0.15) is 0 Å². The molecule has 0 heterocycles. The first-order valence-electron chi connectivity index (χ1n) is 5.35. The Morgan fingerprint density at radius 3 is 2.76 bits per heavy atom. The van der Waals surface area contributed by atoms with Gasteiger partial charge in [0.25, 0.3) is 5.69 Å². The van der Waals surface area contributed by atoms with E-state index in [1.165, 1.54) is 6.07 Å². The Bertz CT molecular complexity index is 423. The van der Waals surface area contributed by atoms with Gasteiger partial charge in [0.2, 0.25) is 0 Å². The van der Waals surface area contributed by atoms with Crippen LogP contribution in [0.2, 0.25) is 0 Å². The molecule has 1 atom stereocenters. The number of thiocarbonyl (C=S) groups is 1. The number of nitrogens with zero attached hydrogens (tertiary/aromatic N) is 1. The number of para-hydroxylation sites is 2. The maximum atomic E-state index is 10.8. The van der Waals surface area contributed by atoms with Crippen molar-refractivity contribution in [3.05, 3.63) is 34.4 Å². The standard InChI is InChI=1S/C11H15N3O2S/c1-3-8(2)12-11(17)13-9-6-4-5-7-10(9)14(15)16/h4-8H,3H2,1-2H3,(H2,12,13,17). The van der Waals surface area contributed by atoms with Crippen LogP contribution in [0.4, 0.5) is 11.4 Å². The second-order valence-electron chi connectivity index (χ2n) is 3.68. The SMILES string of the molecule is CCC(C)NC(=S)Nc1ccccc1[N+](=O)[O-]. The largest absolute Gasteiger partial charge is 0.360 e. The zero-order chi connectivity index (χ0) is 12.8. The molecule has 1 rings (SSSR count). The Kier molecular flexibility index (Phi) is 4.84. The van der Waals surface area contributed by atoms with E-state index in [2.05, 4.69) is 10.6 Å². The van der Waals surface area contributed by atoms with Crippen LogP contribution < -0.4 is 10.6 Å². The topological polar surface area (TPSA) is 67.2 Å². The van der Waals surface area contributed by atoms with Crippen LogP contribution >= 0.6 is 12.2 Å². The number of nitro groups is 1. The molecule has 1 unspecified atom stereocenters. The fourth-order valence-electron chi connectivity index (χ4n) is 1.22. The van der Waals surface area contributed by atoms with E-state index in [1.54, 1.807) is 18.2 Å². The van der Waals surface area contributed by atoms with E-state index in [-0.39, 0.29) is 11.7 Å². The van der Waals surface area contributed by atoms with Gasteiger partial charge in [-0.25, -0.2) is 0 Å². The third-order valence-electron chi connectivity index (χ3n) is 2.34. The summed E-state index contributed by atoms with van der Waals surface area (Å²) in [6.07, 6.45) is 0.929. The molecule has 6 heteroatoms. The number of hydrogen-bond donors (Lipinski definition) is 2. The molecular formula is C11H15N3O2S. The quantitative estimate of drug-likeness (QED) is 0.490. The highest BCUT2D eigenvalue weighted by atomic mass is 32.1. The van der Waals surface area contributed by atoms with Gasteiger partial charge in [0, 0.05) is 12.1 Å². The van der Waals surface area contributed by atoms with Crippen LogP contribution in [0.5, 0.6) is 0 Å². The third-order valence-corrected chi connectivity index (χ3v) is 2.56. The first-order chi connectivity index (χ1) is 8.04. The molecule has 0 bridgehead atoms. The predicted octanol–water partition coefficient (Wildman–Crippen LogP) is 2.68. The second-order valence-corrected chi connectivity index (χ2v) is 4.09. The molecule has 0 saturated heterocycles. The molecule has 0 fully saturated rings. The van der Waals surface area contributed by atoms with E-state index >= 15 is 0 Å². The highest BCUT2D eigenvalue weighted by Crippen LogP contribution is 2.22. The monoisotopic (exact) mass is 253 g/mol. The van der Waals surface area contributed by atoms with E-state index in [0.29, 0.717) is 10.8 Å². The molecule has 0 aliphatic carbocycles. The van der Waals surface area contributed by atoms with Crippen molar-refractivity contribution in [3.63, 3.8) is 0 Å². The molecule has 17 heavy (non-hydrogen) atoms. The van der Waals surface area contributed by atoms with Gasteiger partial charge in [0.1, 0.15) is 5.69 Å². The summed E-state index contributed by atoms with van der Waals surface area (Å²) in [6, 6.07) is 6.64. The van der Waals surface area contributed by atoms with Crippen molar-refractivity contribution in [2.24, 2.45) is 0 Å². The molecule has 92 valence electrons. The van der Waals surface area contributed by atoms with Crippen LogP contribution in [0.1, 0.15) is 20.3 Å². The van der Waals surface area contributed by atoms with Crippen LogP contribution in [0, 0.1) is 10.1 Å². The molecule has 0 aliphatic rings. The van der Waals surface area contributed by atoms with Crippen LogP contribution in [0.25, 0.3) is 0 Å². The molecule has 5 nitrogen and oxygen atoms in total. The molecule has 0 amide bonds. The normalized spacial score (nSPS) is 11.6. The summed E-state index contributed by atoms with van der Waals surface area (Å²) in [4.78, 5) is 10.3. The van der Waals surface area contributed by atoms with Crippen molar-refractivity contribution in [2.45, 2.75) is 26.3 Å². The van der Waals surface area contributed by atoms with Crippen LogP contribution in [0.15, 0.2) is 24.3 Å². The smallest absolute Gasteiger partial charge is 0.292 e. The average molecular weight is 253 g/mol. The average Bonchev–Trinajstić information content (AvgIpc) is 2.29. The predicted molar refractivity (Wildman–Crippen MR) is 72.2 cm³/mol. The van der Waals surface area contributed by atoms with Crippen molar-refractivity contribution in [3.8, 4) is 0 Å². The van der Waals surface area contributed by atoms with Crippen LogP contribution in [0.3, 0.4) is 0 Å². The summed E-state index contributed by atoms with van der Waals surface area (Å²) in [7, 11) is 0. The van der Waals surface area contributed by atoms with Gasteiger partial charge in [0.15, 0.2) is 5.11 Å². The zero-order valence-electron chi connectivity index (χ0n) is 9.77. The minimum Gasteiger partial charge on any atom is -0.360 e. The molecule has 0 radical (unpaired) electrons. The lowest BCUT2D eigenvalue weighted by Gasteiger charge is -2.15. The zero-order valence-corrected chi connectivity index (χ0v) is 10.6. The maximum Gasteiger partial charge on any atom is 0.292 e. The molecule has 1 aromatic carbocycles. The van der Waals surface area contributed by atoms with Crippen molar-refractivity contribution in [1.29, 1.82) is 0 Å². The van der Waals surface area contributed by atoms with E-state index in [1.807, 2.05) is 13.8 Å². The van der Waals surface area contributed by atoms with Gasteiger partial charge in [-0.05, 0) is 31.6 Å². The number of nitro benzene ring substituents is 1. The number of nitrogens with one attached hydrogen (secondary N) is 2. The van der Waals surface area contributed by atoms with Gasteiger partial charge < -0.3 is 10.6 Å². The van der Waals surface area contributed by atoms with Crippen LogP contribution in [-0.2, 0) is 0 Å². The maximum absolute atomic E-state index is 10.8. The van der Waals surface area contributed by atoms with Crippen molar-refractivity contribution in [1.82, 2.24) is 5.32 Å². The first kappa shape index (κ1) is 13.4. The highest BCUT2D eigenvalue weighted by molar-refractivity contribution is 7.80. The Labute approximate surface area is 105 Å². The number of anilines is 1. The minimum absolute atomic E-state index is 0.0146. The van der Waals surface area contributed by atoms with Gasteiger partial charge >= 0.3 is 0 Å². The Balaban J connectivity index is 2.74. The number of benzene rings is 1. The van der Waals surface area contributed by atoms with E-state index in [0.717, 1.165) is 6.42 Å². The van der Waals surface area contributed by atoms with Crippen molar-refractivity contribution >= 4 is 28.7 Å². The van der Waals surface area contributed by atoms with Gasteiger partial charge in [0.05, 0.1) is 4.92 Å². The fraction of sp³-hybridized carbons (Fsp3) is 0.364. The van der Waals surface area contributed by atoms with Gasteiger partial charge in [-0.1, -0.05) is 19.1 Å². The summed E-state index contributed by atoms with van der Waals surface area (Å²) in [5, 5.41) is 17.1. The molecule has 0 aliphatic heterocycles. The summed E-state index contributed by atoms with van der Waals surface area (Å²) >= 11 is 5.08. The third kappa shape index (κ3) is 3.99. The summed E-state index contributed by atoms with van der Waals surface area (Å²) in [5.74, 6) is 0. The Morgan fingerprint density at radius 1 is 1.53 bits per heavy atom. The minimum atomic E-state index is -0.436. The number of hydrogen-bond acceptors (Lipinski definition) is 3. The lowest BCUT2D eigenvalue weighted by Crippen LogP contribution is -2.35. The Morgan fingerprint density at radius 2 is 2.18 bits per heavy atom. The van der Waals surface area contributed by atoms with E-state index < -0.39 is 4.92 Å². The van der Waals surface area contributed by atoms with Gasteiger partial charge in [-0.3, -0.25) is 10.1 Å². The lowest BCUT2D eigenvalue weighted by atomic mass is 10.2. The molecule has 0 spiro atoms. The molecular weight excluding hydrogens is 238 g/mol. The summed E-state index contributed by atoms with van der Waals surface area (Å²) in [6.45, 7) is 4.03. The molecule has 1 aromatic rings.